The number of carbonyl (C=O) groups excluding carboxylic acids is 2. The third kappa shape index (κ3) is 15.7. The van der Waals surface area contributed by atoms with Crippen LogP contribution in [0.25, 0.3) is 0 Å². The molecule has 39 heavy (non-hydrogen) atoms. The molecule has 0 heterocycles. The summed E-state index contributed by atoms with van der Waals surface area (Å²) in [5.41, 5.74) is 0. The first-order chi connectivity index (χ1) is 18.3. The van der Waals surface area contributed by atoms with Crippen molar-refractivity contribution >= 4 is 11.9 Å². The van der Waals surface area contributed by atoms with Crippen LogP contribution in [0.5, 0.6) is 0 Å². The van der Waals surface area contributed by atoms with E-state index in [4.69, 9.17) is 4.74 Å². The van der Waals surface area contributed by atoms with Gasteiger partial charge in [-0.1, -0.05) is 90.4 Å². The van der Waals surface area contributed by atoms with Gasteiger partial charge in [-0.2, -0.15) is 26.3 Å². The van der Waals surface area contributed by atoms with Crippen LogP contribution in [0.15, 0.2) is 0 Å². The monoisotopic (exact) mass is 584 g/mol. The second-order valence-corrected chi connectivity index (χ2v) is 9.89. The Kier molecular flexibility index (Phi) is 19.4. The standard InChI is InChI=1S/C27H44F8O4/c1-2-3-4-5-6-7-8-11-14-17-20-38-22(36)18-15-12-9-10-13-16-19-23(37)39-21-25(30,31)27(34,35)26(32,33)24(28)29/h24H,2-21H2,1H3. The van der Waals surface area contributed by atoms with Crippen LogP contribution < -0.4 is 0 Å². The number of hydrogen-bond acceptors (Lipinski definition) is 4. The lowest BCUT2D eigenvalue weighted by molar-refractivity contribution is -0.344. The molecule has 0 aliphatic heterocycles. The van der Waals surface area contributed by atoms with Crippen LogP contribution in [-0.4, -0.2) is 49.3 Å². The molecule has 0 unspecified atom stereocenters. The van der Waals surface area contributed by atoms with E-state index >= 15 is 0 Å². The average Bonchev–Trinajstić information content (AvgIpc) is 2.87. The van der Waals surface area contributed by atoms with E-state index in [1.807, 2.05) is 0 Å². The maximum absolute atomic E-state index is 13.3. The topological polar surface area (TPSA) is 52.6 Å². The molecule has 0 saturated heterocycles. The Balaban J connectivity index is 3.72. The zero-order valence-corrected chi connectivity index (χ0v) is 22.9. The lowest BCUT2D eigenvalue weighted by Crippen LogP contribution is -2.59. The van der Waals surface area contributed by atoms with E-state index in [2.05, 4.69) is 11.7 Å². The Morgan fingerprint density at radius 1 is 0.590 bits per heavy atom. The molecular formula is C27H44F8O4. The third-order valence-corrected chi connectivity index (χ3v) is 6.34. The molecule has 12 heteroatoms. The van der Waals surface area contributed by atoms with Crippen molar-refractivity contribution in [1.82, 2.24) is 0 Å². The fourth-order valence-corrected chi connectivity index (χ4v) is 3.81. The van der Waals surface area contributed by atoms with Crippen LogP contribution in [0.3, 0.4) is 0 Å². The maximum atomic E-state index is 13.3. The Labute approximate surface area is 226 Å². The first-order valence-corrected chi connectivity index (χ1v) is 14.0. The first kappa shape index (κ1) is 37.4. The summed E-state index contributed by atoms with van der Waals surface area (Å²) in [7, 11) is 0. The average molecular weight is 585 g/mol. The van der Waals surface area contributed by atoms with Crippen molar-refractivity contribution in [3.05, 3.63) is 0 Å². The minimum absolute atomic E-state index is 0.175. The molecule has 0 aliphatic rings. The van der Waals surface area contributed by atoms with Crippen LogP contribution >= 0.6 is 0 Å². The van der Waals surface area contributed by atoms with Gasteiger partial charge in [0.1, 0.15) is 0 Å². The molecule has 0 amide bonds. The molecule has 0 aliphatic carbocycles. The van der Waals surface area contributed by atoms with Gasteiger partial charge < -0.3 is 9.47 Å². The fraction of sp³-hybridized carbons (Fsp3) is 0.926. The molecule has 0 aromatic rings. The lowest BCUT2D eigenvalue weighted by atomic mass is 10.1. The van der Waals surface area contributed by atoms with Crippen molar-refractivity contribution in [2.75, 3.05) is 13.2 Å². The zero-order chi connectivity index (χ0) is 29.8. The van der Waals surface area contributed by atoms with E-state index in [1.165, 1.54) is 44.9 Å². The Morgan fingerprint density at radius 3 is 1.41 bits per heavy atom. The van der Waals surface area contributed by atoms with Gasteiger partial charge in [-0.15, -0.1) is 0 Å². The van der Waals surface area contributed by atoms with Crippen LogP contribution in [0.2, 0.25) is 0 Å². The number of unbranched alkanes of at least 4 members (excludes halogenated alkanes) is 14. The molecule has 232 valence electrons. The highest BCUT2D eigenvalue weighted by Gasteiger charge is 2.75. The van der Waals surface area contributed by atoms with Crippen LogP contribution in [0.1, 0.15) is 122 Å². The van der Waals surface area contributed by atoms with Gasteiger partial charge in [0, 0.05) is 12.8 Å². The molecule has 0 bridgehead atoms. The third-order valence-electron chi connectivity index (χ3n) is 6.34. The van der Waals surface area contributed by atoms with Gasteiger partial charge in [0.25, 0.3) is 0 Å². The fourth-order valence-electron chi connectivity index (χ4n) is 3.81. The Morgan fingerprint density at radius 2 is 0.974 bits per heavy atom. The van der Waals surface area contributed by atoms with E-state index in [0.29, 0.717) is 32.3 Å². The van der Waals surface area contributed by atoms with Crippen molar-refractivity contribution in [3.8, 4) is 0 Å². The number of esters is 2. The molecule has 0 fully saturated rings. The largest absolute Gasteiger partial charge is 0.466 e. The highest BCUT2D eigenvalue weighted by molar-refractivity contribution is 5.69. The summed E-state index contributed by atoms with van der Waals surface area (Å²) in [5, 5.41) is 0. The second-order valence-electron chi connectivity index (χ2n) is 9.89. The smallest absolute Gasteiger partial charge is 0.381 e. The number of alkyl halides is 8. The SMILES string of the molecule is CCCCCCCCCCCCOC(=O)CCCCCCCCC(=O)OCC(F)(F)C(F)(F)C(F)(F)C(F)F. The van der Waals surface area contributed by atoms with E-state index < -0.39 is 43.2 Å². The Hall–Kier alpha value is -1.62. The van der Waals surface area contributed by atoms with Gasteiger partial charge in [-0.3, -0.25) is 9.59 Å². The predicted octanol–water partition coefficient (Wildman–Crippen LogP) is 9.29. The summed E-state index contributed by atoms with van der Waals surface area (Å²) < 4.78 is 112. The van der Waals surface area contributed by atoms with Gasteiger partial charge in [0.15, 0.2) is 6.61 Å². The summed E-state index contributed by atoms with van der Waals surface area (Å²) in [6.45, 7) is 0.186. The molecule has 0 spiro atoms. The molecule has 0 rings (SSSR count). The zero-order valence-electron chi connectivity index (χ0n) is 22.9. The molecule has 4 nitrogen and oxygen atoms in total. The second kappa shape index (κ2) is 20.3. The predicted molar refractivity (Wildman–Crippen MR) is 132 cm³/mol. The van der Waals surface area contributed by atoms with E-state index in [0.717, 1.165) is 32.1 Å². The summed E-state index contributed by atoms with van der Waals surface area (Å²) in [4.78, 5) is 23.2. The lowest BCUT2D eigenvalue weighted by Gasteiger charge is -2.31. The van der Waals surface area contributed by atoms with Crippen molar-refractivity contribution in [2.24, 2.45) is 0 Å². The van der Waals surface area contributed by atoms with Crippen molar-refractivity contribution < 1.29 is 54.2 Å². The van der Waals surface area contributed by atoms with Gasteiger partial charge in [-0.25, -0.2) is 8.78 Å². The molecule has 0 atom stereocenters. The number of hydrogen-bond donors (Lipinski definition) is 0. The van der Waals surface area contributed by atoms with Crippen LogP contribution in [0, 0.1) is 0 Å². The number of carbonyl (C=O) groups is 2. The number of rotatable bonds is 25. The summed E-state index contributed by atoms with van der Waals surface area (Å²) in [6.07, 6.45) is 10.2. The molecule has 0 radical (unpaired) electrons. The van der Waals surface area contributed by atoms with E-state index in [-0.39, 0.29) is 12.4 Å². The van der Waals surface area contributed by atoms with Crippen LogP contribution in [0.4, 0.5) is 35.1 Å². The molecule has 0 saturated carbocycles. The minimum atomic E-state index is -6.40. The van der Waals surface area contributed by atoms with Gasteiger partial charge >= 0.3 is 36.1 Å². The van der Waals surface area contributed by atoms with Crippen molar-refractivity contribution in [2.45, 2.75) is 147 Å². The highest BCUT2D eigenvalue weighted by Crippen LogP contribution is 2.48. The molecule has 0 aromatic carbocycles. The van der Waals surface area contributed by atoms with Gasteiger partial charge in [0.05, 0.1) is 6.61 Å². The highest BCUT2D eigenvalue weighted by atomic mass is 19.4. The maximum Gasteiger partial charge on any atom is 0.381 e. The van der Waals surface area contributed by atoms with E-state index in [1.54, 1.807) is 0 Å². The number of halogens is 8. The molecule has 0 N–H and O–H groups in total. The quantitative estimate of drug-likeness (QED) is 0.0610. The van der Waals surface area contributed by atoms with Gasteiger partial charge in [0.2, 0.25) is 0 Å². The van der Waals surface area contributed by atoms with Crippen molar-refractivity contribution in [3.63, 3.8) is 0 Å². The summed E-state index contributed by atoms with van der Waals surface area (Å²) in [5.74, 6) is -19.9. The van der Waals surface area contributed by atoms with Crippen LogP contribution in [-0.2, 0) is 19.1 Å². The molecular weight excluding hydrogens is 540 g/mol. The summed E-state index contributed by atoms with van der Waals surface area (Å²) >= 11 is 0. The summed E-state index contributed by atoms with van der Waals surface area (Å²) in [6, 6.07) is 0. The van der Waals surface area contributed by atoms with Gasteiger partial charge in [-0.05, 0) is 19.3 Å². The molecule has 0 aromatic heterocycles. The minimum Gasteiger partial charge on any atom is -0.466 e. The Bertz CT molecular complexity index is 660. The number of ether oxygens (including phenoxy) is 2. The first-order valence-electron chi connectivity index (χ1n) is 14.0. The normalized spacial score (nSPS) is 12.7. The van der Waals surface area contributed by atoms with E-state index in [9.17, 15) is 44.7 Å². The van der Waals surface area contributed by atoms with Crippen molar-refractivity contribution in [1.29, 1.82) is 0 Å².